The van der Waals surface area contributed by atoms with Crippen LogP contribution in [-0.4, -0.2) is 112 Å². The molecule has 0 spiro atoms. The zero-order valence-electron chi connectivity index (χ0n) is 34.8. The van der Waals surface area contributed by atoms with Gasteiger partial charge in [0.2, 0.25) is 28.4 Å². The molecule has 0 aliphatic rings. The second-order valence-corrected chi connectivity index (χ2v) is 22.2. The van der Waals surface area contributed by atoms with Gasteiger partial charge in [-0.1, -0.05) is 47.1 Å². The van der Waals surface area contributed by atoms with Gasteiger partial charge in [-0.15, -0.1) is 14.6 Å². The first-order valence-electron chi connectivity index (χ1n) is 19.0. The monoisotopic (exact) mass is 1130 g/mol. The molecule has 0 aliphatic carbocycles. The number of nitrogens with one attached hydrogen (secondary N) is 3. The molecule has 0 fully saturated rings. The molecule has 2 heterocycles. The predicted molar refractivity (Wildman–Crippen MR) is 255 cm³/mol. The van der Waals surface area contributed by atoms with E-state index in [0.29, 0.717) is 11.1 Å². The third kappa shape index (κ3) is 13.8. The zero-order valence-corrected chi connectivity index (χ0v) is 41.3. The van der Waals surface area contributed by atoms with E-state index in [0.717, 1.165) is 23.9 Å². The molecule has 71 heavy (non-hydrogen) atoms. The molecule has 8 N–H and O–H groups in total. The number of hydrogen-bond acceptors (Lipinski definition) is 26. The van der Waals surface area contributed by atoms with Crippen LogP contribution >= 0.6 is 47.0 Å². The van der Waals surface area contributed by atoms with Crippen LogP contribution < -0.4 is 16.0 Å². The van der Waals surface area contributed by atoms with Crippen LogP contribution in [0.25, 0.3) is 21.5 Å². The number of hydrogen-bond donors (Lipinski definition) is 8. The lowest BCUT2D eigenvalue weighted by Gasteiger charge is -2.15. The fourth-order valence-electron chi connectivity index (χ4n) is 6.21. The molecular formula is C36H29Cl2N11O16S6. The molecule has 27 nitrogen and oxygen atoms in total. The van der Waals surface area contributed by atoms with Crippen molar-refractivity contribution in [2.75, 3.05) is 40.6 Å². The second kappa shape index (κ2) is 21.9. The van der Waals surface area contributed by atoms with E-state index in [2.05, 4.69) is 69.6 Å². The summed E-state index contributed by atoms with van der Waals surface area (Å²) in [6, 6.07) is 17.3. The van der Waals surface area contributed by atoms with Crippen molar-refractivity contribution in [3.8, 4) is 5.75 Å². The molecule has 7 rings (SSSR count). The third-order valence-electron chi connectivity index (χ3n) is 9.06. The first kappa shape index (κ1) is 53.0. The molecule has 0 saturated carbocycles. The van der Waals surface area contributed by atoms with Gasteiger partial charge in [-0.3, -0.25) is 13.7 Å². The number of anilines is 5. The Bertz CT molecular complexity index is 3680. The van der Waals surface area contributed by atoms with Gasteiger partial charge in [-0.05, 0) is 82.5 Å². The number of phenolic OH excluding ortho intramolecular Hbond substituents is 1. The van der Waals surface area contributed by atoms with Crippen LogP contribution in [0, 0.1) is 0 Å². The van der Waals surface area contributed by atoms with Gasteiger partial charge in [0.15, 0.2) is 20.7 Å². The number of phenols is 1. The van der Waals surface area contributed by atoms with E-state index < -0.39 is 74.1 Å². The average molecular weight is 1130 g/mol. The number of halogens is 2. The van der Waals surface area contributed by atoms with Crippen molar-refractivity contribution in [2.24, 2.45) is 10.2 Å². The van der Waals surface area contributed by atoms with Crippen LogP contribution in [-0.2, 0) is 54.0 Å². The van der Waals surface area contributed by atoms with E-state index in [1.807, 2.05) is 0 Å². The molecule has 0 aliphatic heterocycles. The van der Waals surface area contributed by atoms with Gasteiger partial charge < -0.3 is 21.1 Å². The third-order valence-corrected chi connectivity index (χ3v) is 14.8. The van der Waals surface area contributed by atoms with E-state index >= 15 is 0 Å². The molecule has 0 radical (unpaired) electrons. The lowest BCUT2D eigenvalue weighted by atomic mass is 10.1. The summed E-state index contributed by atoms with van der Waals surface area (Å²) in [6.07, 6.45) is 0. The molecule has 0 saturated heterocycles. The van der Waals surface area contributed by atoms with Gasteiger partial charge >= 0.3 is 10.4 Å². The Morgan fingerprint density at radius 2 is 1.39 bits per heavy atom. The standard InChI is InChI=1S/C36H29Cl2N11O16S6/c37-31-42-33(46-34(43-31)40-20-6-8-21(9-7-20)68(52,53)14-12-63-71(60,61)62)39-11-13-66-36-45-32(38)44-35(47-36)41-25-17-22(69(54,55)56)15-19-16-26(67-65-64-51)28(29(50)27(19)25)49-48-24-10-5-18-3-1-2-4-23(18)30(24)70(57,58)59/h1-10,15-17,50-51H,11-14H2,(H,54,55,56)(H,57,58,59)(H,60,61,62)(H,41,44,45,47)(H2,39,40,42,43,46)/b49-48+. The maximum absolute atomic E-state index is 12.6. The molecule has 5 aromatic carbocycles. The highest BCUT2D eigenvalue weighted by molar-refractivity contribution is 7.99. The summed E-state index contributed by atoms with van der Waals surface area (Å²) in [6.45, 7) is -0.655. The van der Waals surface area contributed by atoms with Crippen molar-refractivity contribution in [1.29, 1.82) is 0 Å². The Morgan fingerprint density at radius 3 is 2.08 bits per heavy atom. The minimum atomic E-state index is -4.94. The molecule has 0 unspecified atom stereocenters. The van der Waals surface area contributed by atoms with E-state index in [1.165, 1.54) is 54.6 Å². The summed E-state index contributed by atoms with van der Waals surface area (Å²) >= 11 is 13.7. The number of thioether (sulfide) groups is 1. The van der Waals surface area contributed by atoms with Crippen molar-refractivity contribution in [1.82, 2.24) is 29.9 Å². The average Bonchev–Trinajstić information content (AvgIpc) is 3.27. The highest BCUT2D eigenvalue weighted by Crippen LogP contribution is 2.48. The summed E-state index contributed by atoms with van der Waals surface area (Å²) in [5.41, 5.74) is -0.737. The quantitative estimate of drug-likeness (QED) is 0.00682. The lowest BCUT2D eigenvalue weighted by Crippen LogP contribution is -2.15. The normalized spacial score (nSPS) is 12.5. The largest absolute Gasteiger partial charge is 0.505 e. The fraction of sp³-hybridized carbons (Fsp3) is 0.111. The van der Waals surface area contributed by atoms with Crippen LogP contribution in [0.15, 0.2) is 114 Å². The van der Waals surface area contributed by atoms with E-state index in [1.54, 1.807) is 12.1 Å². The van der Waals surface area contributed by atoms with Crippen molar-refractivity contribution >= 4 is 150 Å². The Labute approximate surface area is 418 Å². The number of benzene rings is 5. The number of rotatable bonds is 21. The number of sulfone groups is 1. The number of aromatic nitrogens is 6. The van der Waals surface area contributed by atoms with Gasteiger partial charge in [-0.25, -0.2) is 17.9 Å². The Balaban J connectivity index is 1.10. The number of azo groups is 1. The first-order valence-corrected chi connectivity index (χ1v) is 27.4. The lowest BCUT2D eigenvalue weighted by molar-refractivity contribution is -0.432. The Kier molecular flexibility index (Phi) is 16.4. The molecule has 2 aromatic heterocycles. The van der Waals surface area contributed by atoms with Crippen LogP contribution in [0.5, 0.6) is 5.75 Å². The highest BCUT2D eigenvalue weighted by atomic mass is 35.5. The topological polar surface area (TPSA) is 404 Å². The number of nitrogens with zero attached hydrogens (tertiary/aromatic N) is 8. The van der Waals surface area contributed by atoms with Gasteiger partial charge in [0.1, 0.15) is 16.3 Å². The maximum atomic E-state index is 12.6. The molecule has 35 heteroatoms. The molecule has 0 bridgehead atoms. The maximum Gasteiger partial charge on any atom is 0.397 e. The van der Waals surface area contributed by atoms with E-state index in [9.17, 15) is 47.9 Å². The second-order valence-electron chi connectivity index (χ2n) is 13.7. The summed E-state index contributed by atoms with van der Waals surface area (Å²) in [5.74, 6) is -1.59. The predicted octanol–water partition coefficient (Wildman–Crippen LogP) is 7.00. The van der Waals surface area contributed by atoms with Crippen LogP contribution in [0.1, 0.15) is 0 Å². The summed E-state index contributed by atoms with van der Waals surface area (Å²) in [4.78, 5) is 23.1. The molecule has 0 atom stereocenters. The highest BCUT2D eigenvalue weighted by Gasteiger charge is 2.24. The summed E-state index contributed by atoms with van der Waals surface area (Å²) in [5, 5.41) is 40.7. The van der Waals surface area contributed by atoms with Gasteiger partial charge in [-0.2, -0.15) is 55.2 Å². The SMILES string of the molecule is O=S(=O)(O)OCCS(=O)(=O)c1ccc(Nc2nc(Cl)nc(NCCSc3nc(Cl)nc(Nc4cc(S(=O)(=O)O)cc5cc(SOOO)c(/N=N/c6ccc7ccccc7c6S(=O)(=O)O)c(O)c45)n3)n2)cc1. The number of fused-ring (bicyclic) bond motifs is 2. The summed E-state index contributed by atoms with van der Waals surface area (Å²) < 4.78 is 134. The minimum absolute atomic E-state index is 0.0135. The van der Waals surface area contributed by atoms with Gasteiger partial charge in [0, 0.05) is 28.8 Å². The fourth-order valence-corrected chi connectivity index (χ4v) is 10.6. The van der Waals surface area contributed by atoms with Crippen molar-refractivity contribution < 1.29 is 71.2 Å². The minimum Gasteiger partial charge on any atom is -0.505 e. The zero-order chi connectivity index (χ0) is 51.3. The molecule has 7 aromatic rings. The van der Waals surface area contributed by atoms with Crippen molar-refractivity contribution in [2.45, 2.75) is 24.7 Å². The van der Waals surface area contributed by atoms with Crippen LogP contribution in [0.4, 0.5) is 40.6 Å². The van der Waals surface area contributed by atoms with Crippen LogP contribution in [0.3, 0.4) is 0 Å². The summed E-state index contributed by atoms with van der Waals surface area (Å²) in [7, 11) is -18.7. The Hall–Kier alpha value is -5.76. The van der Waals surface area contributed by atoms with Gasteiger partial charge in [0.05, 0.1) is 44.8 Å². The smallest absolute Gasteiger partial charge is 0.397 e. The van der Waals surface area contributed by atoms with E-state index in [-0.39, 0.29) is 95.2 Å². The number of aromatic hydroxyl groups is 1. The van der Waals surface area contributed by atoms with Crippen molar-refractivity contribution in [3.05, 3.63) is 89.4 Å². The first-order chi connectivity index (χ1) is 33.5. The van der Waals surface area contributed by atoms with E-state index in [4.69, 9.17) is 33.0 Å². The molecule has 374 valence electrons. The molecular weight excluding hydrogens is 1110 g/mol. The van der Waals surface area contributed by atoms with Crippen LogP contribution in [0.2, 0.25) is 10.6 Å². The van der Waals surface area contributed by atoms with Crippen molar-refractivity contribution in [3.63, 3.8) is 0 Å². The Morgan fingerprint density at radius 1 is 0.704 bits per heavy atom. The molecule has 0 amide bonds. The van der Waals surface area contributed by atoms with Gasteiger partial charge in [0.25, 0.3) is 20.2 Å².